The maximum atomic E-state index is 10.7. The molecule has 0 radical (unpaired) electrons. The van der Waals surface area contributed by atoms with Crippen molar-refractivity contribution in [3.05, 3.63) is 4.91 Å². The molecule has 0 aromatic rings. The summed E-state index contributed by atoms with van der Waals surface area (Å²) >= 11 is 0. The second kappa shape index (κ2) is 11.5. The van der Waals surface area contributed by atoms with Gasteiger partial charge in [0.2, 0.25) is 5.71 Å². The summed E-state index contributed by atoms with van der Waals surface area (Å²) in [6.45, 7) is 8.46. The van der Waals surface area contributed by atoms with E-state index in [0.29, 0.717) is 6.04 Å². The Labute approximate surface area is 146 Å². The van der Waals surface area contributed by atoms with Crippen LogP contribution in [0.3, 0.4) is 0 Å². The molecule has 2 atom stereocenters. The monoisotopic (exact) mass is 343 g/mol. The molecule has 3 rings (SSSR count). The van der Waals surface area contributed by atoms with Crippen LogP contribution in [0, 0.1) is 4.91 Å². The molecule has 0 aromatic carbocycles. The van der Waals surface area contributed by atoms with Crippen LogP contribution < -0.4 is 0 Å². The molecule has 0 aromatic heterocycles. The second-order valence-corrected chi connectivity index (χ2v) is 7.31. The van der Waals surface area contributed by atoms with E-state index in [9.17, 15) is 4.91 Å². The standard InChI is InChI=1S/C6H13NO.2C6H12NO/c3*1-6-4-2-3-5-7(6)8/h6,8H,2-5H2,1H3;8H,2-5H2,1H3;6H,2-5H2,1H3/q;2*+1/t6-;;6-/m1.1/s1. The summed E-state index contributed by atoms with van der Waals surface area (Å²) in [5.41, 5.74) is 1.11. The van der Waals surface area contributed by atoms with Crippen molar-refractivity contribution in [1.29, 1.82) is 0 Å². The van der Waals surface area contributed by atoms with Crippen molar-refractivity contribution in [2.75, 3.05) is 19.6 Å². The first-order chi connectivity index (χ1) is 11.4. The van der Waals surface area contributed by atoms with Crippen LogP contribution in [0.4, 0.5) is 0 Å². The third-order valence-corrected chi connectivity index (χ3v) is 5.11. The minimum atomic E-state index is 0.281. The highest BCUT2D eigenvalue weighted by molar-refractivity contribution is 5.76. The van der Waals surface area contributed by atoms with Crippen molar-refractivity contribution >= 4 is 5.71 Å². The van der Waals surface area contributed by atoms with E-state index >= 15 is 0 Å². The predicted octanol–water partition coefficient (Wildman–Crippen LogP) is 3.62. The molecule has 0 unspecified atom stereocenters. The molecule has 3 heterocycles. The van der Waals surface area contributed by atoms with Gasteiger partial charge in [0, 0.05) is 61.8 Å². The van der Waals surface area contributed by atoms with Crippen LogP contribution in [0.2, 0.25) is 0 Å². The molecule has 2 fully saturated rings. The van der Waals surface area contributed by atoms with Gasteiger partial charge in [0.05, 0.1) is 0 Å². The molecule has 2 N–H and O–H groups in total. The molecule has 3 aliphatic rings. The van der Waals surface area contributed by atoms with Crippen molar-refractivity contribution in [3.8, 4) is 0 Å². The minimum absolute atomic E-state index is 0.281. The van der Waals surface area contributed by atoms with Crippen LogP contribution in [0.1, 0.15) is 78.6 Å². The molecule has 140 valence electrons. The topological polar surface area (TPSA) is 66.8 Å². The van der Waals surface area contributed by atoms with Gasteiger partial charge in [-0.15, -0.1) is 0 Å². The maximum absolute atomic E-state index is 10.7. The second-order valence-electron chi connectivity index (χ2n) is 7.31. The lowest BCUT2D eigenvalue weighted by Gasteiger charge is -2.26. The lowest BCUT2D eigenvalue weighted by atomic mass is 10.1. The van der Waals surface area contributed by atoms with E-state index in [1.807, 2.05) is 13.8 Å². The third-order valence-electron chi connectivity index (χ3n) is 5.11. The Morgan fingerprint density at radius 2 is 1.67 bits per heavy atom. The van der Waals surface area contributed by atoms with Gasteiger partial charge in [0.25, 0.3) is 0 Å². The van der Waals surface area contributed by atoms with Gasteiger partial charge in [0.1, 0.15) is 0 Å². The van der Waals surface area contributed by atoms with Gasteiger partial charge in [-0.2, -0.15) is 5.06 Å². The number of piperidine rings is 2. The van der Waals surface area contributed by atoms with E-state index in [-0.39, 0.29) is 6.04 Å². The first-order valence-corrected chi connectivity index (χ1v) is 9.60. The maximum Gasteiger partial charge on any atom is 0.201 e. The molecule has 0 amide bonds. The fourth-order valence-corrected chi connectivity index (χ4v) is 3.12. The molecular formula is C18H37N3O3+2. The zero-order chi connectivity index (χ0) is 17.9. The van der Waals surface area contributed by atoms with Crippen molar-refractivity contribution < 1.29 is 19.9 Å². The summed E-state index contributed by atoms with van der Waals surface area (Å²) < 4.78 is 2.53. The normalized spacial score (nSPS) is 28.4. The molecule has 0 saturated carbocycles. The first kappa shape index (κ1) is 21.0. The van der Waals surface area contributed by atoms with E-state index < -0.39 is 0 Å². The number of hydroxylamine groups is 3. The molecule has 6 heteroatoms. The van der Waals surface area contributed by atoms with Crippen LogP contribution >= 0.6 is 0 Å². The Morgan fingerprint density at radius 3 is 2.04 bits per heavy atom. The van der Waals surface area contributed by atoms with Gasteiger partial charge in [-0.05, 0) is 37.3 Å². The summed E-state index contributed by atoms with van der Waals surface area (Å²) in [5, 5.41) is 19.4. The third kappa shape index (κ3) is 8.20. The van der Waals surface area contributed by atoms with Gasteiger partial charge < -0.3 is 5.21 Å². The number of hydrogen-bond donors (Lipinski definition) is 2. The van der Waals surface area contributed by atoms with Gasteiger partial charge in [0.15, 0.2) is 19.1 Å². The fraction of sp³-hybridized carbons (Fsp3) is 0.944. The summed E-state index contributed by atoms with van der Waals surface area (Å²) in [4.78, 5) is 10.7. The van der Waals surface area contributed by atoms with E-state index in [4.69, 9.17) is 10.4 Å². The molecule has 2 saturated heterocycles. The predicted molar refractivity (Wildman–Crippen MR) is 95.1 cm³/mol. The van der Waals surface area contributed by atoms with Gasteiger partial charge in [-0.3, -0.25) is 5.21 Å². The fourth-order valence-electron chi connectivity index (χ4n) is 3.12. The highest BCUT2D eigenvalue weighted by Gasteiger charge is 2.22. The minimum Gasteiger partial charge on any atom is -0.314 e. The zero-order valence-electron chi connectivity index (χ0n) is 15.8. The summed E-state index contributed by atoms with van der Waals surface area (Å²) in [6.07, 6.45) is 10.4. The molecule has 0 bridgehead atoms. The van der Waals surface area contributed by atoms with E-state index in [1.165, 1.54) is 33.8 Å². The van der Waals surface area contributed by atoms with Crippen LogP contribution in [-0.2, 0) is 0 Å². The number of nitrogens with zero attached hydrogens (tertiary/aromatic N) is 3. The number of hydrogen-bond acceptors (Lipinski definition) is 4. The summed E-state index contributed by atoms with van der Waals surface area (Å²) in [7, 11) is 0. The van der Waals surface area contributed by atoms with E-state index in [1.54, 1.807) is 0 Å². The van der Waals surface area contributed by atoms with Gasteiger partial charge in [-0.25, -0.2) is 0 Å². The lowest BCUT2D eigenvalue weighted by Crippen LogP contribution is -2.34. The zero-order valence-corrected chi connectivity index (χ0v) is 15.8. The average Bonchev–Trinajstić information content (AvgIpc) is 2.57. The van der Waals surface area contributed by atoms with Crippen LogP contribution in [-0.4, -0.2) is 62.4 Å². The smallest absolute Gasteiger partial charge is 0.201 e. The van der Waals surface area contributed by atoms with Gasteiger partial charge in [-0.1, -0.05) is 6.42 Å². The highest BCUT2D eigenvalue weighted by atomic mass is 16.5. The van der Waals surface area contributed by atoms with Gasteiger partial charge >= 0.3 is 0 Å². The number of nitroso groups, excluding NO2 is 1. The Morgan fingerprint density at radius 1 is 1.00 bits per heavy atom. The van der Waals surface area contributed by atoms with Crippen LogP contribution in [0.25, 0.3) is 0 Å². The van der Waals surface area contributed by atoms with Crippen LogP contribution in [0.15, 0.2) is 0 Å². The average molecular weight is 344 g/mol. The molecule has 0 aliphatic carbocycles. The molecular weight excluding hydrogens is 306 g/mol. The van der Waals surface area contributed by atoms with E-state index in [2.05, 4.69) is 6.92 Å². The largest absolute Gasteiger partial charge is 0.314 e. The SMILES string of the molecule is CC1=[N+](O)CCCC1.C[C@@H]1CCCCN1O.C[C@@H]1CCCC[N+]1=O. The quantitative estimate of drug-likeness (QED) is 0.521. The summed E-state index contributed by atoms with van der Waals surface area (Å²) in [6, 6.07) is 0.674. The van der Waals surface area contributed by atoms with Crippen molar-refractivity contribution in [1.82, 2.24) is 5.06 Å². The Hall–Kier alpha value is -1.01. The van der Waals surface area contributed by atoms with Crippen molar-refractivity contribution in [3.63, 3.8) is 0 Å². The number of rotatable bonds is 0. The Balaban J connectivity index is 0.000000180. The highest BCUT2D eigenvalue weighted by Crippen LogP contribution is 2.13. The van der Waals surface area contributed by atoms with Crippen LogP contribution in [0.5, 0.6) is 0 Å². The van der Waals surface area contributed by atoms with Crippen molar-refractivity contribution in [2.24, 2.45) is 0 Å². The molecule has 6 nitrogen and oxygen atoms in total. The Bertz CT molecular complexity index is 388. The molecule has 24 heavy (non-hydrogen) atoms. The van der Waals surface area contributed by atoms with E-state index in [0.717, 1.165) is 63.9 Å². The molecule has 0 spiro atoms. The van der Waals surface area contributed by atoms with Crippen molar-refractivity contribution in [2.45, 2.75) is 90.6 Å². The lowest BCUT2D eigenvalue weighted by molar-refractivity contribution is -0.777. The molecule has 3 aliphatic heterocycles. The Kier molecular flexibility index (Phi) is 10.1. The summed E-state index contributed by atoms with van der Waals surface area (Å²) in [5.74, 6) is 0. The first-order valence-electron chi connectivity index (χ1n) is 9.60.